The van der Waals surface area contributed by atoms with Crippen LogP contribution in [0.4, 0.5) is 5.82 Å². The summed E-state index contributed by atoms with van der Waals surface area (Å²) in [5, 5.41) is 3.60. The number of hydrogen-bond donors (Lipinski definition) is 1. The molecule has 92 valence electrons. The topological polar surface area (TPSA) is 41.0 Å². The van der Waals surface area contributed by atoms with Crippen LogP contribution in [-0.4, -0.2) is 40.0 Å². The van der Waals surface area contributed by atoms with Crippen LogP contribution in [0, 0.1) is 13.8 Å². The molecule has 2 fully saturated rings. The van der Waals surface area contributed by atoms with Crippen molar-refractivity contribution >= 4 is 5.82 Å². The van der Waals surface area contributed by atoms with Crippen molar-refractivity contribution in [1.29, 1.82) is 0 Å². The highest BCUT2D eigenvalue weighted by Gasteiger charge is 2.37. The molecule has 0 saturated carbocycles. The van der Waals surface area contributed by atoms with E-state index in [1.54, 1.807) is 0 Å². The normalized spacial score (nSPS) is 28.4. The summed E-state index contributed by atoms with van der Waals surface area (Å²) < 4.78 is 0. The van der Waals surface area contributed by atoms with Crippen molar-refractivity contribution in [3.8, 4) is 0 Å². The zero-order valence-electron chi connectivity index (χ0n) is 10.6. The fourth-order valence-corrected chi connectivity index (χ4v) is 3.23. The van der Waals surface area contributed by atoms with Crippen molar-refractivity contribution in [2.75, 3.05) is 18.4 Å². The molecule has 1 aromatic rings. The Morgan fingerprint density at radius 1 is 1.24 bits per heavy atom. The maximum atomic E-state index is 4.47. The van der Waals surface area contributed by atoms with Crippen LogP contribution < -0.4 is 5.32 Å². The van der Waals surface area contributed by atoms with Gasteiger partial charge in [0.15, 0.2) is 0 Å². The number of rotatable bonds is 2. The summed E-state index contributed by atoms with van der Waals surface area (Å²) in [7, 11) is 0. The number of aromatic nitrogens is 2. The molecule has 2 atom stereocenters. The second kappa shape index (κ2) is 4.26. The van der Waals surface area contributed by atoms with E-state index >= 15 is 0 Å². The summed E-state index contributed by atoms with van der Waals surface area (Å²) in [5.74, 6) is 1.85. The Bertz CT molecular complexity index is 398. The Labute approximate surface area is 102 Å². The summed E-state index contributed by atoms with van der Waals surface area (Å²) in [6.45, 7) is 6.50. The largest absolute Gasteiger partial charge is 0.366 e. The maximum Gasteiger partial charge on any atom is 0.130 e. The second-order valence-corrected chi connectivity index (χ2v) is 5.23. The molecule has 2 unspecified atom stereocenters. The number of anilines is 1. The molecule has 2 aliphatic heterocycles. The quantitative estimate of drug-likeness (QED) is 0.843. The fraction of sp³-hybridized carbons (Fsp3) is 0.692. The van der Waals surface area contributed by atoms with Crippen molar-refractivity contribution < 1.29 is 0 Å². The molecule has 4 heteroatoms. The standard InChI is InChI=1S/C13H20N4/c1-9-8-13(15-10(2)14-9)16-11-5-7-17-6-3-4-12(11)17/h8,11-12H,3-7H2,1-2H3,(H,14,15,16). The third-order valence-electron chi connectivity index (χ3n) is 3.91. The van der Waals surface area contributed by atoms with E-state index in [1.807, 2.05) is 19.9 Å². The van der Waals surface area contributed by atoms with Crippen LogP contribution in [0.5, 0.6) is 0 Å². The summed E-state index contributed by atoms with van der Waals surface area (Å²) in [6.07, 6.45) is 3.93. The van der Waals surface area contributed by atoms with Gasteiger partial charge in [0, 0.05) is 30.4 Å². The highest BCUT2D eigenvalue weighted by Crippen LogP contribution is 2.29. The van der Waals surface area contributed by atoms with Crippen molar-refractivity contribution in [1.82, 2.24) is 14.9 Å². The number of aryl methyl sites for hydroxylation is 2. The molecule has 2 aliphatic rings. The lowest BCUT2D eigenvalue weighted by atomic mass is 10.1. The fourth-order valence-electron chi connectivity index (χ4n) is 3.23. The molecule has 0 aromatic carbocycles. The molecule has 0 radical (unpaired) electrons. The maximum absolute atomic E-state index is 4.47. The predicted octanol–water partition coefficient (Wildman–Crippen LogP) is 1.74. The minimum absolute atomic E-state index is 0.575. The lowest BCUT2D eigenvalue weighted by Gasteiger charge is -2.21. The molecular formula is C13H20N4. The van der Waals surface area contributed by atoms with E-state index in [4.69, 9.17) is 0 Å². The lowest BCUT2D eigenvalue weighted by molar-refractivity contribution is 0.318. The van der Waals surface area contributed by atoms with Crippen LogP contribution in [0.25, 0.3) is 0 Å². The van der Waals surface area contributed by atoms with Gasteiger partial charge in [0.25, 0.3) is 0 Å². The first kappa shape index (κ1) is 11.0. The first-order valence-electron chi connectivity index (χ1n) is 6.55. The zero-order valence-corrected chi connectivity index (χ0v) is 10.6. The number of fused-ring (bicyclic) bond motifs is 1. The van der Waals surface area contributed by atoms with Crippen LogP contribution in [0.3, 0.4) is 0 Å². The molecule has 2 saturated heterocycles. The Morgan fingerprint density at radius 3 is 2.94 bits per heavy atom. The van der Waals surface area contributed by atoms with Crippen LogP contribution in [0.1, 0.15) is 30.8 Å². The van der Waals surface area contributed by atoms with E-state index in [0.29, 0.717) is 6.04 Å². The van der Waals surface area contributed by atoms with E-state index in [-0.39, 0.29) is 0 Å². The van der Waals surface area contributed by atoms with Gasteiger partial charge in [-0.25, -0.2) is 9.97 Å². The molecule has 3 rings (SSSR count). The van der Waals surface area contributed by atoms with Gasteiger partial charge in [-0.2, -0.15) is 0 Å². The molecule has 0 bridgehead atoms. The van der Waals surface area contributed by atoms with E-state index in [9.17, 15) is 0 Å². The molecule has 0 spiro atoms. The van der Waals surface area contributed by atoms with Crippen LogP contribution in [0.15, 0.2) is 6.07 Å². The number of nitrogens with one attached hydrogen (secondary N) is 1. The van der Waals surface area contributed by atoms with Gasteiger partial charge in [0.2, 0.25) is 0 Å². The van der Waals surface area contributed by atoms with Gasteiger partial charge in [-0.1, -0.05) is 0 Å². The third kappa shape index (κ3) is 2.14. The van der Waals surface area contributed by atoms with Crippen molar-refractivity contribution in [2.24, 2.45) is 0 Å². The predicted molar refractivity (Wildman–Crippen MR) is 68.1 cm³/mol. The Morgan fingerprint density at radius 2 is 2.12 bits per heavy atom. The Balaban J connectivity index is 1.74. The lowest BCUT2D eigenvalue weighted by Crippen LogP contribution is -2.34. The molecule has 0 amide bonds. The summed E-state index contributed by atoms with van der Waals surface area (Å²) in [4.78, 5) is 11.4. The SMILES string of the molecule is Cc1cc(NC2CCN3CCCC23)nc(C)n1. The molecule has 3 heterocycles. The first-order valence-corrected chi connectivity index (χ1v) is 6.55. The van der Waals surface area contributed by atoms with Crippen molar-refractivity contribution in [3.63, 3.8) is 0 Å². The molecule has 4 nitrogen and oxygen atoms in total. The molecule has 17 heavy (non-hydrogen) atoms. The van der Waals surface area contributed by atoms with E-state index in [0.717, 1.165) is 23.4 Å². The molecule has 1 aromatic heterocycles. The molecule has 1 N–H and O–H groups in total. The second-order valence-electron chi connectivity index (χ2n) is 5.23. The van der Waals surface area contributed by atoms with Gasteiger partial charge in [-0.05, 0) is 39.7 Å². The van der Waals surface area contributed by atoms with E-state index in [1.165, 1.54) is 32.4 Å². The van der Waals surface area contributed by atoms with Gasteiger partial charge in [0.05, 0.1) is 0 Å². The van der Waals surface area contributed by atoms with E-state index < -0.39 is 0 Å². The molecule has 0 aliphatic carbocycles. The van der Waals surface area contributed by atoms with Gasteiger partial charge in [-0.15, -0.1) is 0 Å². The summed E-state index contributed by atoms with van der Waals surface area (Å²) >= 11 is 0. The minimum Gasteiger partial charge on any atom is -0.366 e. The average Bonchev–Trinajstić information content (AvgIpc) is 2.81. The van der Waals surface area contributed by atoms with Gasteiger partial charge >= 0.3 is 0 Å². The van der Waals surface area contributed by atoms with Crippen LogP contribution in [0.2, 0.25) is 0 Å². The van der Waals surface area contributed by atoms with Crippen LogP contribution in [-0.2, 0) is 0 Å². The van der Waals surface area contributed by atoms with Gasteiger partial charge in [0.1, 0.15) is 11.6 Å². The van der Waals surface area contributed by atoms with Crippen molar-refractivity contribution in [2.45, 2.75) is 45.2 Å². The Kier molecular flexibility index (Phi) is 2.74. The smallest absolute Gasteiger partial charge is 0.130 e. The van der Waals surface area contributed by atoms with Gasteiger partial charge in [-0.3, -0.25) is 4.90 Å². The van der Waals surface area contributed by atoms with E-state index in [2.05, 4.69) is 20.2 Å². The van der Waals surface area contributed by atoms with Gasteiger partial charge < -0.3 is 5.32 Å². The zero-order chi connectivity index (χ0) is 11.8. The minimum atomic E-state index is 0.575. The monoisotopic (exact) mass is 232 g/mol. The van der Waals surface area contributed by atoms with Crippen LogP contribution >= 0.6 is 0 Å². The highest BCUT2D eigenvalue weighted by molar-refractivity contribution is 5.38. The summed E-state index contributed by atoms with van der Waals surface area (Å²) in [6, 6.07) is 3.35. The van der Waals surface area contributed by atoms with Crippen molar-refractivity contribution in [3.05, 3.63) is 17.6 Å². The number of hydrogen-bond acceptors (Lipinski definition) is 4. The Hall–Kier alpha value is -1.16. The average molecular weight is 232 g/mol. The summed E-state index contributed by atoms with van der Waals surface area (Å²) in [5.41, 5.74) is 1.04. The first-order chi connectivity index (χ1) is 8.22. The molecular weight excluding hydrogens is 212 g/mol. The third-order valence-corrected chi connectivity index (χ3v) is 3.91. The highest BCUT2D eigenvalue weighted by atomic mass is 15.2. The number of nitrogens with zero attached hydrogens (tertiary/aromatic N) is 3.